The number of hydrogen-bond acceptors (Lipinski definition) is 2. The van der Waals surface area contributed by atoms with Gasteiger partial charge in [-0.25, -0.2) is 4.99 Å². The maximum absolute atomic E-state index is 5.92. The van der Waals surface area contributed by atoms with Crippen molar-refractivity contribution in [1.29, 1.82) is 0 Å². The Morgan fingerprint density at radius 1 is 1.40 bits per heavy atom. The lowest BCUT2D eigenvalue weighted by Crippen LogP contribution is -2.22. The van der Waals surface area contributed by atoms with Gasteiger partial charge in [0, 0.05) is 20.4 Å². The molecule has 1 heterocycles. The van der Waals surface area contributed by atoms with Crippen LogP contribution in [0, 0.1) is 0 Å². The Hall–Kier alpha value is -1.33. The predicted molar refractivity (Wildman–Crippen MR) is 91.5 cm³/mol. The van der Waals surface area contributed by atoms with Gasteiger partial charge in [-0.05, 0) is 45.6 Å². The summed E-state index contributed by atoms with van der Waals surface area (Å²) in [5, 5.41) is 5.18. The zero-order chi connectivity index (χ0) is 14.5. The van der Waals surface area contributed by atoms with Crippen molar-refractivity contribution in [3.05, 3.63) is 50.6 Å². The number of nitrogens with zero attached hydrogens (tertiary/aromatic N) is 1. The number of thiophene rings is 1. The number of halogens is 1. The second kappa shape index (κ2) is 6.90. The van der Waals surface area contributed by atoms with Crippen LogP contribution in [0.15, 0.2) is 45.2 Å². The number of guanidine groups is 1. The number of aliphatic imine (C=N–C) groups is 1. The largest absolute Gasteiger partial charge is 0.370 e. The molecular weight excluding hydrogens is 334 g/mol. The Morgan fingerprint density at radius 3 is 2.85 bits per heavy atom. The Bertz CT molecular complexity index is 605. The van der Waals surface area contributed by atoms with Crippen LogP contribution in [-0.2, 0) is 6.54 Å². The first-order valence-corrected chi connectivity index (χ1v) is 8.11. The first-order valence-electron chi connectivity index (χ1n) is 6.44. The van der Waals surface area contributed by atoms with Crippen molar-refractivity contribution < 1.29 is 0 Å². The van der Waals surface area contributed by atoms with E-state index in [0.29, 0.717) is 18.4 Å². The molecule has 3 nitrogen and oxygen atoms in total. The summed E-state index contributed by atoms with van der Waals surface area (Å²) in [5.74, 6) is 0.939. The second-order valence-corrected chi connectivity index (χ2v) is 6.75. The van der Waals surface area contributed by atoms with E-state index >= 15 is 0 Å². The van der Waals surface area contributed by atoms with Crippen molar-refractivity contribution in [2.24, 2.45) is 10.7 Å². The highest BCUT2D eigenvalue weighted by Gasteiger charge is 2.01. The highest BCUT2D eigenvalue weighted by Crippen LogP contribution is 2.21. The molecule has 106 valence electrons. The van der Waals surface area contributed by atoms with Crippen LogP contribution in [-0.4, -0.2) is 5.96 Å². The topological polar surface area (TPSA) is 50.4 Å². The Kier molecular flexibility index (Phi) is 5.20. The third-order valence-electron chi connectivity index (χ3n) is 2.85. The summed E-state index contributed by atoms with van der Waals surface area (Å²) in [6, 6.07) is 10.3. The molecule has 0 amide bonds. The van der Waals surface area contributed by atoms with Gasteiger partial charge in [0.2, 0.25) is 0 Å². The molecule has 0 bridgehead atoms. The first-order chi connectivity index (χ1) is 9.54. The van der Waals surface area contributed by atoms with Gasteiger partial charge in [0.25, 0.3) is 0 Å². The van der Waals surface area contributed by atoms with E-state index in [1.807, 2.05) is 17.5 Å². The first kappa shape index (κ1) is 15.1. The summed E-state index contributed by atoms with van der Waals surface area (Å²) in [6.07, 6.45) is 0. The number of hydrogen-bond donors (Lipinski definition) is 2. The van der Waals surface area contributed by atoms with Gasteiger partial charge in [-0.1, -0.05) is 26.0 Å². The minimum Gasteiger partial charge on any atom is -0.370 e. The Balaban J connectivity index is 2.00. The second-order valence-electron chi connectivity index (χ2n) is 4.84. The summed E-state index contributed by atoms with van der Waals surface area (Å²) in [5.41, 5.74) is 8.18. The number of anilines is 1. The van der Waals surface area contributed by atoms with Crippen molar-refractivity contribution in [1.82, 2.24) is 0 Å². The molecule has 0 aliphatic carbocycles. The van der Waals surface area contributed by atoms with Crippen molar-refractivity contribution in [2.75, 3.05) is 5.32 Å². The molecule has 2 rings (SSSR count). The fourth-order valence-electron chi connectivity index (χ4n) is 1.76. The van der Waals surface area contributed by atoms with E-state index in [2.05, 4.69) is 58.3 Å². The Morgan fingerprint density at radius 2 is 2.20 bits per heavy atom. The van der Waals surface area contributed by atoms with Gasteiger partial charge in [-0.15, -0.1) is 11.3 Å². The smallest absolute Gasteiger partial charge is 0.193 e. The lowest BCUT2D eigenvalue weighted by Gasteiger charge is -2.09. The van der Waals surface area contributed by atoms with E-state index in [-0.39, 0.29) is 0 Å². The van der Waals surface area contributed by atoms with E-state index in [1.54, 1.807) is 11.3 Å². The van der Waals surface area contributed by atoms with Crippen molar-refractivity contribution >= 4 is 38.9 Å². The van der Waals surface area contributed by atoms with Gasteiger partial charge in [-0.3, -0.25) is 0 Å². The maximum atomic E-state index is 5.92. The van der Waals surface area contributed by atoms with Gasteiger partial charge in [0.1, 0.15) is 0 Å². The molecular formula is C15H18BrN3S. The van der Waals surface area contributed by atoms with Gasteiger partial charge in [-0.2, -0.15) is 0 Å². The normalized spacial score (nSPS) is 11.9. The molecule has 2 aromatic rings. The standard InChI is InChI=1S/C15H18BrN3S/c1-10(2)11-4-3-5-13(6-11)19-15(17)18-8-14-7-12(16)9-20-14/h3-7,9-10H,8H2,1-2H3,(H3,17,18,19). The van der Waals surface area contributed by atoms with Gasteiger partial charge in [0.05, 0.1) is 6.54 Å². The molecule has 0 fully saturated rings. The molecule has 1 aromatic heterocycles. The molecule has 0 radical (unpaired) electrons. The molecule has 5 heteroatoms. The number of nitrogens with one attached hydrogen (secondary N) is 1. The molecule has 0 unspecified atom stereocenters. The third-order valence-corrected chi connectivity index (χ3v) is 4.54. The minimum atomic E-state index is 0.440. The van der Waals surface area contributed by atoms with E-state index < -0.39 is 0 Å². The van der Waals surface area contributed by atoms with Crippen LogP contribution in [0.3, 0.4) is 0 Å². The van der Waals surface area contributed by atoms with Crippen molar-refractivity contribution in [2.45, 2.75) is 26.3 Å². The number of rotatable bonds is 4. The van der Waals surface area contributed by atoms with Crippen LogP contribution in [0.5, 0.6) is 0 Å². The average molecular weight is 352 g/mol. The van der Waals surface area contributed by atoms with Gasteiger partial charge >= 0.3 is 0 Å². The average Bonchev–Trinajstić information content (AvgIpc) is 2.82. The fourth-order valence-corrected chi connectivity index (χ4v) is 3.14. The third kappa shape index (κ3) is 4.35. The van der Waals surface area contributed by atoms with Crippen LogP contribution in [0.2, 0.25) is 0 Å². The summed E-state index contributed by atoms with van der Waals surface area (Å²) < 4.78 is 1.09. The van der Waals surface area contributed by atoms with Gasteiger partial charge in [0.15, 0.2) is 5.96 Å². The molecule has 0 spiro atoms. The zero-order valence-corrected chi connectivity index (χ0v) is 14.0. The van der Waals surface area contributed by atoms with Crippen LogP contribution in [0.1, 0.15) is 30.2 Å². The predicted octanol–water partition coefficient (Wildman–Crippen LogP) is 4.56. The van der Waals surface area contributed by atoms with Crippen molar-refractivity contribution in [3.63, 3.8) is 0 Å². The SMILES string of the molecule is CC(C)c1cccc(NC(N)=NCc2cc(Br)cs2)c1. The molecule has 0 atom stereocenters. The summed E-state index contributed by atoms with van der Waals surface area (Å²) >= 11 is 5.10. The monoisotopic (exact) mass is 351 g/mol. The molecule has 0 aliphatic heterocycles. The zero-order valence-electron chi connectivity index (χ0n) is 11.6. The van der Waals surface area contributed by atoms with Crippen LogP contribution < -0.4 is 11.1 Å². The molecule has 0 aliphatic rings. The van der Waals surface area contributed by atoms with E-state index in [4.69, 9.17) is 5.73 Å². The lowest BCUT2D eigenvalue weighted by molar-refractivity contribution is 0.867. The van der Waals surface area contributed by atoms with Crippen molar-refractivity contribution in [3.8, 4) is 0 Å². The van der Waals surface area contributed by atoms with Crippen LogP contribution in [0.25, 0.3) is 0 Å². The minimum absolute atomic E-state index is 0.440. The fraction of sp³-hybridized carbons (Fsp3) is 0.267. The molecule has 20 heavy (non-hydrogen) atoms. The molecule has 0 saturated heterocycles. The van der Waals surface area contributed by atoms with E-state index in [9.17, 15) is 0 Å². The summed E-state index contributed by atoms with van der Waals surface area (Å²) in [7, 11) is 0. The van der Waals surface area contributed by atoms with E-state index in [1.165, 1.54) is 10.4 Å². The highest BCUT2D eigenvalue weighted by molar-refractivity contribution is 9.10. The van der Waals surface area contributed by atoms with Crippen LogP contribution in [0.4, 0.5) is 5.69 Å². The van der Waals surface area contributed by atoms with Gasteiger partial charge < -0.3 is 11.1 Å². The number of nitrogens with two attached hydrogens (primary N) is 1. The summed E-state index contributed by atoms with van der Waals surface area (Å²) in [4.78, 5) is 5.53. The van der Waals surface area contributed by atoms with E-state index in [0.717, 1.165) is 10.2 Å². The summed E-state index contributed by atoms with van der Waals surface area (Å²) in [6.45, 7) is 4.94. The number of benzene rings is 1. The molecule has 1 aromatic carbocycles. The molecule has 0 saturated carbocycles. The quantitative estimate of drug-likeness (QED) is 0.626. The Labute approximate surface area is 132 Å². The lowest BCUT2D eigenvalue weighted by atomic mass is 10.0. The van der Waals surface area contributed by atoms with Crippen LogP contribution >= 0.6 is 27.3 Å². The maximum Gasteiger partial charge on any atom is 0.193 e. The molecule has 3 N–H and O–H groups in total. The highest BCUT2D eigenvalue weighted by atomic mass is 79.9.